The van der Waals surface area contributed by atoms with Crippen LogP contribution in [-0.2, 0) is 14.8 Å². The molecule has 1 N–H and O–H groups in total. The molecule has 2 atom stereocenters. The van der Waals surface area contributed by atoms with Gasteiger partial charge in [0.05, 0.1) is 6.26 Å². The van der Waals surface area contributed by atoms with Crippen LogP contribution in [0.3, 0.4) is 0 Å². The molecular weight excluding hydrogens is 342 g/mol. The van der Waals surface area contributed by atoms with Gasteiger partial charge in [0.15, 0.2) is 5.58 Å². The van der Waals surface area contributed by atoms with Crippen LogP contribution in [0, 0.1) is 0 Å². The van der Waals surface area contributed by atoms with Crippen molar-refractivity contribution in [3.05, 3.63) is 66.4 Å². The van der Waals surface area contributed by atoms with Crippen LogP contribution in [0.25, 0.3) is 11.0 Å². The van der Waals surface area contributed by atoms with E-state index in [2.05, 4.69) is 0 Å². The quantitative estimate of drug-likeness (QED) is 0.776. The van der Waals surface area contributed by atoms with Gasteiger partial charge in [0, 0.05) is 17.8 Å². The Bertz CT molecular complexity index is 1040. The fourth-order valence-corrected chi connectivity index (χ4v) is 5.09. The zero-order valence-electron chi connectivity index (χ0n) is 13.1. The number of nitrogens with zero attached hydrogens (tertiary/aromatic N) is 1. The van der Waals surface area contributed by atoms with Crippen LogP contribution in [0.2, 0.25) is 0 Å². The molecule has 0 aliphatic carbocycles. The summed E-state index contributed by atoms with van der Waals surface area (Å²) in [6.07, 6.45) is 1.42. The zero-order valence-corrected chi connectivity index (χ0v) is 13.9. The molecule has 7 heteroatoms. The maximum absolute atomic E-state index is 13.0. The number of carboxylic acid groups (broad SMARTS) is 1. The van der Waals surface area contributed by atoms with Crippen LogP contribution in [0.5, 0.6) is 0 Å². The minimum atomic E-state index is -3.98. The van der Waals surface area contributed by atoms with Gasteiger partial charge in [-0.25, -0.2) is 8.42 Å². The van der Waals surface area contributed by atoms with Crippen molar-refractivity contribution in [3.63, 3.8) is 0 Å². The van der Waals surface area contributed by atoms with Crippen molar-refractivity contribution in [3.8, 4) is 0 Å². The van der Waals surface area contributed by atoms with E-state index < -0.39 is 22.0 Å². The van der Waals surface area contributed by atoms with Gasteiger partial charge in [0.1, 0.15) is 10.9 Å². The number of furan rings is 1. The molecule has 1 aliphatic rings. The highest BCUT2D eigenvalue weighted by atomic mass is 32.2. The molecule has 1 aliphatic heterocycles. The van der Waals surface area contributed by atoms with E-state index in [-0.39, 0.29) is 22.9 Å². The van der Waals surface area contributed by atoms with Crippen molar-refractivity contribution in [2.24, 2.45) is 0 Å². The van der Waals surface area contributed by atoms with Crippen molar-refractivity contribution >= 4 is 27.0 Å². The lowest BCUT2D eigenvalue weighted by molar-refractivity contribution is -0.146. The van der Waals surface area contributed by atoms with E-state index in [9.17, 15) is 18.3 Å². The van der Waals surface area contributed by atoms with Crippen LogP contribution in [0.1, 0.15) is 11.5 Å². The molecule has 25 heavy (non-hydrogen) atoms. The summed E-state index contributed by atoms with van der Waals surface area (Å²) in [5.74, 6) is -1.53. The summed E-state index contributed by atoms with van der Waals surface area (Å²) in [5.41, 5.74) is 1.06. The third-order valence-corrected chi connectivity index (χ3v) is 6.45. The van der Waals surface area contributed by atoms with Gasteiger partial charge in [-0.3, -0.25) is 4.79 Å². The summed E-state index contributed by atoms with van der Waals surface area (Å²) in [6.45, 7) is 0.125. The molecule has 2 aromatic carbocycles. The Kier molecular flexibility index (Phi) is 3.63. The Hall–Kier alpha value is -2.64. The summed E-state index contributed by atoms with van der Waals surface area (Å²) in [5, 5.41) is 10.2. The van der Waals surface area contributed by atoms with E-state index >= 15 is 0 Å². The molecule has 2 heterocycles. The first-order valence-corrected chi connectivity index (χ1v) is 9.20. The van der Waals surface area contributed by atoms with Crippen LogP contribution in [0.4, 0.5) is 0 Å². The van der Waals surface area contributed by atoms with Gasteiger partial charge in [-0.15, -0.1) is 0 Å². The average molecular weight is 357 g/mol. The largest absolute Gasteiger partial charge is 0.480 e. The number of hydrogen-bond donors (Lipinski definition) is 1. The molecular formula is C18H15NO5S. The minimum Gasteiger partial charge on any atom is -0.480 e. The molecule has 1 aromatic heterocycles. The van der Waals surface area contributed by atoms with Crippen molar-refractivity contribution in [2.75, 3.05) is 6.54 Å². The molecule has 0 unspecified atom stereocenters. The zero-order chi connectivity index (χ0) is 17.6. The van der Waals surface area contributed by atoms with Crippen molar-refractivity contribution in [2.45, 2.75) is 16.9 Å². The highest BCUT2D eigenvalue weighted by molar-refractivity contribution is 7.89. The lowest BCUT2D eigenvalue weighted by atomic mass is 9.85. The van der Waals surface area contributed by atoms with Crippen LogP contribution in [0.15, 0.2) is 70.2 Å². The highest BCUT2D eigenvalue weighted by Gasteiger charge is 2.51. The normalized spacial score (nSPS) is 21.1. The topological polar surface area (TPSA) is 87.8 Å². The summed E-state index contributed by atoms with van der Waals surface area (Å²) in [6, 6.07) is 14.5. The summed E-state index contributed by atoms with van der Waals surface area (Å²) >= 11 is 0. The molecule has 0 bridgehead atoms. The maximum atomic E-state index is 13.0. The molecule has 0 amide bonds. The number of rotatable bonds is 4. The third kappa shape index (κ3) is 2.43. The number of benzene rings is 2. The second kappa shape index (κ2) is 5.72. The SMILES string of the molecule is O=C(O)[C@@H]1[C@@H](c2ccccc2)CN1S(=O)(=O)c1cccc2ccoc12. The van der Waals surface area contributed by atoms with Crippen molar-refractivity contribution in [1.29, 1.82) is 0 Å². The van der Waals surface area contributed by atoms with E-state index in [0.29, 0.717) is 5.39 Å². The molecule has 0 saturated carbocycles. The molecule has 4 rings (SSSR count). The van der Waals surface area contributed by atoms with Gasteiger partial charge < -0.3 is 9.52 Å². The molecule has 1 saturated heterocycles. The van der Waals surface area contributed by atoms with Gasteiger partial charge >= 0.3 is 5.97 Å². The fourth-order valence-electron chi connectivity index (χ4n) is 3.30. The monoisotopic (exact) mass is 357 g/mol. The molecule has 0 spiro atoms. The van der Waals surface area contributed by atoms with Crippen molar-refractivity contribution < 1.29 is 22.7 Å². The first-order valence-electron chi connectivity index (χ1n) is 7.76. The fraction of sp³-hybridized carbons (Fsp3) is 0.167. The van der Waals surface area contributed by atoms with Crippen LogP contribution < -0.4 is 0 Å². The van der Waals surface area contributed by atoms with E-state index in [0.717, 1.165) is 9.87 Å². The summed E-state index contributed by atoms with van der Waals surface area (Å²) in [4.78, 5) is 11.7. The first kappa shape index (κ1) is 15.9. The van der Waals surface area contributed by atoms with E-state index in [1.807, 2.05) is 30.3 Å². The number of aliphatic carboxylic acids is 1. The minimum absolute atomic E-state index is 0.00670. The van der Waals surface area contributed by atoms with E-state index in [4.69, 9.17) is 4.42 Å². The summed E-state index contributed by atoms with van der Waals surface area (Å²) < 4.78 is 32.4. The summed E-state index contributed by atoms with van der Waals surface area (Å²) in [7, 11) is -3.98. The molecule has 128 valence electrons. The van der Waals surface area contributed by atoms with Gasteiger partial charge in [-0.2, -0.15) is 4.31 Å². The van der Waals surface area contributed by atoms with Crippen molar-refractivity contribution in [1.82, 2.24) is 4.31 Å². The Morgan fingerprint density at radius 3 is 2.56 bits per heavy atom. The number of para-hydroxylation sites is 1. The number of sulfonamides is 1. The molecule has 1 fully saturated rings. The smallest absolute Gasteiger partial charge is 0.322 e. The number of carbonyl (C=O) groups is 1. The predicted octanol–water partition coefficient (Wildman–Crippen LogP) is 2.67. The van der Waals surface area contributed by atoms with E-state index in [1.165, 1.54) is 12.3 Å². The standard InChI is InChI=1S/C18H15NO5S/c20-18(21)16-14(12-5-2-1-3-6-12)11-19(16)25(22,23)15-8-4-7-13-9-10-24-17(13)15/h1-10,14,16H,11H2,(H,20,21)/t14-,16+/m1/s1. The van der Waals surface area contributed by atoms with Gasteiger partial charge in [0.2, 0.25) is 10.0 Å². The Balaban J connectivity index is 1.74. The lowest BCUT2D eigenvalue weighted by Crippen LogP contribution is -2.60. The van der Waals surface area contributed by atoms with Gasteiger partial charge in [-0.1, -0.05) is 42.5 Å². The second-order valence-electron chi connectivity index (χ2n) is 5.97. The molecule has 0 radical (unpaired) electrons. The lowest BCUT2D eigenvalue weighted by Gasteiger charge is -2.44. The maximum Gasteiger partial charge on any atom is 0.322 e. The van der Waals surface area contributed by atoms with Crippen LogP contribution >= 0.6 is 0 Å². The molecule has 6 nitrogen and oxygen atoms in total. The predicted molar refractivity (Wildman–Crippen MR) is 90.7 cm³/mol. The number of carboxylic acids is 1. The Morgan fingerprint density at radius 2 is 1.84 bits per heavy atom. The van der Waals surface area contributed by atoms with E-state index in [1.54, 1.807) is 18.2 Å². The average Bonchev–Trinajstić information content (AvgIpc) is 3.02. The highest BCUT2D eigenvalue weighted by Crippen LogP contribution is 2.39. The number of fused-ring (bicyclic) bond motifs is 1. The van der Waals surface area contributed by atoms with Crippen LogP contribution in [-0.4, -0.2) is 36.4 Å². The van der Waals surface area contributed by atoms with Gasteiger partial charge in [0.25, 0.3) is 0 Å². The van der Waals surface area contributed by atoms with Gasteiger partial charge in [-0.05, 0) is 17.7 Å². The Morgan fingerprint density at radius 1 is 1.08 bits per heavy atom. The first-order chi connectivity index (χ1) is 12.0. The molecule has 3 aromatic rings. The second-order valence-corrected chi connectivity index (χ2v) is 7.83. The number of hydrogen-bond acceptors (Lipinski definition) is 4. The third-order valence-electron chi connectivity index (χ3n) is 4.58. The Labute approximate surface area is 144 Å².